The van der Waals surface area contributed by atoms with Gasteiger partial charge >= 0.3 is 0 Å². The zero-order valence-corrected chi connectivity index (χ0v) is 14.5. The van der Waals surface area contributed by atoms with Gasteiger partial charge < -0.3 is 9.26 Å². The highest BCUT2D eigenvalue weighted by atomic mass is 35.5. The van der Waals surface area contributed by atoms with Gasteiger partial charge in [0.2, 0.25) is 5.89 Å². The van der Waals surface area contributed by atoms with Gasteiger partial charge in [-0.05, 0) is 31.5 Å². The third kappa shape index (κ3) is 3.51. The predicted molar refractivity (Wildman–Crippen MR) is 88.8 cm³/mol. The summed E-state index contributed by atoms with van der Waals surface area (Å²) in [6, 6.07) is 5.97. The topological polar surface area (TPSA) is 51.4 Å². The average molecular weight is 336 g/mol. The SMILES string of the molecule is COc1cc(Cl)ccc1CN1CCCC1c1noc(C(C)C)n1. The van der Waals surface area contributed by atoms with E-state index in [1.807, 2.05) is 18.2 Å². The van der Waals surface area contributed by atoms with Crippen LogP contribution in [-0.4, -0.2) is 28.7 Å². The number of rotatable bonds is 5. The maximum Gasteiger partial charge on any atom is 0.229 e. The van der Waals surface area contributed by atoms with Crippen LogP contribution in [0.1, 0.15) is 55.9 Å². The number of nitrogens with zero attached hydrogens (tertiary/aromatic N) is 3. The van der Waals surface area contributed by atoms with Gasteiger partial charge in [0.1, 0.15) is 5.75 Å². The third-order valence-corrected chi connectivity index (χ3v) is 4.47. The lowest BCUT2D eigenvalue weighted by atomic mass is 10.1. The molecule has 1 saturated heterocycles. The van der Waals surface area contributed by atoms with E-state index in [0.717, 1.165) is 43.1 Å². The molecule has 0 saturated carbocycles. The molecule has 0 aliphatic carbocycles. The first-order valence-electron chi connectivity index (χ1n) is 7.98. The molecule has 124 valence electrons. The van der Waals surface area contributed by atoms with E-state index >= 15 is 0 Å². The quantitative estimate of drug-likeness (QED) is 0.820. The van der Waals surface area contributed by atoms with Gasteiger partial charge in [-0.3, -0.25) is 4.90 Å². The predicted octanol–water partition coefficient (Wildman–Crippen LogP) is 4.19. The summed E-state index contributed by atoms with van der Waals surface area (Å²) in [5, 5.41) is 4.87. The molecule has 23 heavy (non-hydrogen) atoms. The zero-order valence-electron chi connectivity index (χ0n) is 13.8. The fraction of sp³-hybridized carbons (Fsp3) is 0.529. The Balaban J connectivity index is 1.79. The van der Waals surface area contributed by atoms with Crippen LogP contribution in [0, 0.1) is 0 Å². The number of ether oxygens (including phenoxy) is 1. The van der Waals surface area contributed by atoms with Gasteiger partial charge in [0.05, 0.1) is 13.2 Å². The number of aromatic nitrogens is 2. The highest BCUT2D eigenvalue weighted by molar-refractivity contribution is 6.30. The molecule has 0 amide bonds. The van der Waals surface area contributed by atoms with Crippen LogP contribution in [0.15, 0.2) is 22.7 Å². The second-order valence-electron chi connectivity index (χ2n) is 6.23. The summed E-state index contributed by atoms with van der Waals surface area (Å²) in [7, 11) is 1.67. The highest BCUT2D eigenvalue weighted by Crippen LogP contribution is 2.34. The number of hydrogen-bond donors (Lipinski definition) is 0. The van der Waals surface area contributed by atoms with Gasteiger partial charge in [0.25, 0.3) is 0 Å². The Morgan fingerprint density at radius 3 is 2.96 bits per heavy atom. The highest BCUT2D eigenvalue weighted by Gasteiger charge is 2.30. The van der Waals surface area contributed by atoms with Crippen molar-refractivity contribution in [2.45, 2.75) is 45.2 Å². The first-order chi connectivity index (χ1) is 11.1. The van der Waals surface area contributed by atoms with E-state index in [4.69, 9.17) is 20.9 Å². The molecule has 1 fully saturated rings. The van der Waals surface area contributed by atoms with Gasteiger partial charge in [-0.1, -0.05) is 36.7 Å². The Bertz CT molecular complexity index is 672. The molecule has 2 heterocycles. The van der Waals surface area contributed by atoms with E-state index in [0.29, 0.717) is 10.9 Å². The minimum Gasteiger partial charge on any atom is -0.496 e. The number of likely N-dealkylation sites (tertiary alicyclic amines) is 1. The summed E-state index contributed by atoms with van der Waals surface area (Å²) in [4.78, 5) is 6.94. The molecule has 1 aliphatic heterocycles. The maximum atomic E-state index is 6.04. The molecule has 1 unspecified atom stereocenters. The molecule has 2 aromatic rings. The van der Waals surface area contributed by atoms with E-state index in [2.05, 4.69) is 28.9 Å². The Kier molecular flexibility index (Phi) is 4.87. The van der Waals surface area contributed by atoms with Crippen LogP contribution in [0.3, 0.4) is 0 Å². The van der Waals surface area contributed by atoms with Gasteiger partial charge in [0, 0.05) is 23.0 Å². The van der Waals surface area contributed by atoms with Crippen LogP contribution < -0.4 is 4.74 Å². The monoisotopic (exact) mass is 335 g/mol. The Labute approximate surface area is 141 Å². The normalized spacial score (nSPS) is 18.7. The Hall–Kier alpha value is -1.59. The molecule has 0 bridgehead atoms. The molecule has 1 aliphatic rings. The van der Waals surface area contributed by atoms with E-state index in [1.54, 1.807) is 7.11 Å². The molecule has 1 aromatic carbocycles. The lowest BCUT2D eigenvalue weighted by Crippen LogP contribution is -2.24. The van der Waals surface area contributed by atoms with Crippen LogP contribution >= 0.6 is 11.6 Å². The molecule has 5 nitrogen and oxygen atoms in total. The van der Waals surface area contributed by atoms with Crippen LogP contribution in [0.2, 0.25) is 5.02 Å². The number of methoxy groups -OCH3 is 1. The molecule has 0 radical (unpaired) electrons. The van der Waals surface area contributed by atoms with E-state index in [9.17, 15) is 0 Å². The third-order valence-electron chi connectivity index (χ3n) is 4.24. The van der Waals surface area contributed by atoms with Crippen molar-refractivity contribution in [3.05, 3.63) is 40.5 Å². The first-order valence-corrected chi connectivity index (χ1v) is 8.36. The summed E-state index contributed by atoms with van der Waals surface area (Å²) in [6.07, 6.45) is 2.18. The average Bonchev–Trinajstić information content (AvgIpc) is 3.17. The van der Waals surface area contributed by atoms with Gasteiger partial charge in [-0.25, -0.2) is 0 Å². The molecular weight excluding hydrogens is 314 g/mol. The molecular formula is C17H22ClN3O2. The molecule has 1 aromatic heterocycles. The van der Waals surface area contributed by atoms with Gasteiger partial charge in [-0.15, -0.1) is 0 Å². The van der Waals surface area contributed by atoms with Crippen LogP contribution in [0.4, 0.5) is 0 Å². The smallest absolute Gasteiger partial charge is 0.229 e. The van der Waals surface area contributed by atoms with Crippen LogP contribution in [-0.2, 0) is 6.54 Å². The lowest BCUT2D eigenvalue weighted by molar-refractivity contribution is 0.230. The number of benzene rings is 1. The largest absolute Gasteiger partial charge is 0.496 e. The van der Waals surface area contributed by atoms with Crippen molar-refractivity contribution < 1.29 is 9.26 Å². The minimum absolute atomic E-state index is 0.201. The van der Waals surface area contributed by atoms with Gasteiger partial charge in [-0.2, -0.15) is 4.98 Å². The minimum atomic E-state index is 0.201. The van der Waals surface area contributed by atoms with Crippen molar-refractivity contribution in [3.63, 3.8) is 0 Å². The second kappa shape index (κ2) is 6.89. The number of hydrogen-bond acceptors (Lipinski definition) is 5. The zero-order chi connectivity index (χ0) is 16.4. The fourth-order valence-corrected chi connectivity index (χ4v) is 3.15. The van der Waals surface area contributed by atoms with Gasteiger partial charge in [0.15, 0.2) is 5.82 Å². The lowest BCUT2D eigenvalue weighted by Gasteiger charge is -2.23. The van der Waals surface area contributed by atoms with Crippen molar-refractivity contribution in [2.75, 3.05) is 13.7 Å². The van der Waals surface area contributed by atoms with Crippen LogP contribution in [0.25, 0.3) is 0 Å². The van der Waals surface area contributed by atoms with Crippen LogP contribution in [0.5, 0.6) is 5.75 Å². The van der Waals surface area contributed by atoms with E-state index in [1.165, 1.54) is 0 Å². The number of halogens is 1. The van der Waals surface area contributed by atoms with Crippen molar-refractivity contribution in [1.82, 2.24) is 15.0 Å². The first kappa shape index (κ1) is 16.3. The molecule has 0 spiro atoms. The molecule has 3 rings (SSSR count). The summed E-state index contributed by atoms with van der Waals surface area (Å²) in [5.41, 5.74) is 1.12. The fourth-order valence-electron chi connectivity index (χ4n) is 2.99. The summed E-state index contributed by atoms with van der Waals surface area (Å²) >= 11 is 6.04. The Morgan fingerprint density at radius 1 is 1.43 bits per heavy atom. The molecule has 6 heteroatoms. The van der Waals surface area contributed by atoms with Crippen molar-refractivity contribution in [3.8, 4) is 5.75 Å². The van der Waals surface area contributed by atoms with E-state index in [-0.39, 0.29) is 12.0 Å². The second-order valence-corrected chi connectivity index (χ2v) is 6.67. The Morgan fingerprint density at radius 2 is 2.26 bits per heavy atom. The van der Waals surface area contributed by atoms with Crippen molar-refractivity contribution in [2.24, 2.45) is 0 Å². The molecule has 0 N–H and O–H groups in total. The summed E-state index contributed by atoms with van der Waals surface area (Å²) in [6.45, 7) is 5.92. The summed E-state index contributed by atoms with van der Waals surface area (Å²) < 4.78 is 10.8. The maximum absolute atomic E-state index is 6.04. The van der Waals surface area contributed by atoms with Crippen molar-refractivity contribution in [1.29, 1.82) is 0 Å². The van der Waals surface area contributed by atoms with E-state index < -0.39 is 0 Å². The molecule has 1 atom stereocenters. The summed E-state index contributed by atoms with van der Waals surface area (Å²) in [5.74, 6) is 2.57. The van der Waals surface area contributed by atoms with Crippen molar-refractivity contribution >= 4 is 11.6 Å². The standard InChI is InChI=1S/C17H22ClN3O2/c1-11(2)17-19-16(20-23-17)14-5-4-8-21(14)10-12-6-7-13(18)9-15(12)22-3/h6-7,9,11,14H,4-5,8,10H2,1-3H3.